The monoisotopic (exact) mass is 115 g/mol. The second-order valence-corrected chi connectivity index (χ2v) is 1.87. The van der Waals surface area contributed by atoms with Gasteiger partial charge in [0.1, 0.15) is 0 Å². The molecule has 0 aliphatic carbocycles. The number of carbonyl (C=O) groups is 1. The zero-order valence-electron chi connectivity index (χ0n) is 5.51. The maximum absolute atomic E-state index is 10.6. The van der Waals surface area contributed by atoms with Gasteiger partial charge in [0, 0.05) is 28.2 Å². The Morgan fingerprint density at radius 1 is 1.38 bits per heavy atom. The lowest BCUT2D eigenvalue weighted by Crippen LogP contribution is -2.31. The molecule has 8 heavy (non-hydrogen) atoms. The number of nitrogens with zero attached hydrogens (tertiary/aromatic N) is 2. The van der Waals surface area contributed by atoms with Crippen LogP contribution in [-0.2, 0) is 0 Å². The SMILES string of the molecule is [CH2]N(C)C(=O)N(C)C. The molecule has 0 aromatic heterocycles. The minimum absolute atomic E-state index is 0.0926. The fraction of sp³-hybridized carbons (Fsp3) is 0.600. The topological polar surface area (TPSA) is 23.6 Å². The quantitative estimate of drug-likeness (QED) is 0.448. The number of urea groups is 1. The van der Waals surface area contributed by atoms with E-state index in [1.165, 1.54) is 9.80 Å². The molecule has 0 saturated heterocycles. The molecule has 0 aromatic rings. The van der Waals surface area contributed by atoms with Gasteiger partial charge in [0.05, 0.1) is 0 Å². The summed E-state index contributed by atoms with van der Waals surface area (Å²) in [5.74, 6) is 0. The highest BCUT2D eigenvalue weighted by Gasteiger charge is 2.02. The average molecular weight is 115 g/mol. The molecule has 0 spiro atoms. The first-order valence-corrected chi connectivity index (χ1v) is 2.31. The summed E-state index contributed by atoms with van der Waals surface area (Å²) < 4.78 is 0. The summed E-state index contributed by atoms with van der Waals surface area (Å²) in [4.78, 5) is 13.4. The van der Waals surface area contributed by atoms with Gasteiger partial charge in [0.15, 0.2) is 0 Å². The van der Waals surface area contributed by atoms with Crippen molar-refractivity contribution >= 4 is 6.03 Å². The van der Waals surface area contributed by atoms with Crippen molar-refractivity contribution in [1.82, 2.24) is 9.80 Å². The third-order valence-electron chi connectivity index (χ3n) is 0.709. The molecule has 3 heteroatoms. The largest absolute Gasteiger partial charge is 0.331 e. The lowest BCUT2D eigenvalue weighted by molar-refractivity contribution is 0.195. The lowest BCUT2D eigenvalue weighted by atomic mass is 10.7. The Morgan fingerprint density at radius 3 is 1.75 bits per heavy atom. The summed E-state index contributed by atoms with van der Waals surface area (Å²) in [7, 11) is 8.38. The summed E-state index contributed by atoms with van der Waals surface area (Å²) in [5.41, 5.74) is 0. The Morgan fingerprint density at radius 2 is 1.75 bits per heavy atom. The molecule has 0 unspecified atom stereocenters. The molecule has 0 fully saturated rings. The van der Waals surface area contributed by atoms with Gasteiger partial charge in [-0.15, -0.1) is 0 Å². The molecule has 47 valence electrons. The molecule has 0 aliphatic heterocycles. The van der Waals surface area contributed by atoms with E-state index in [0.717, 1.165) is 0 Å². The van der Waals surface area contributed by atoms with E-state index in [4.69, 9.17) is 0 Å². The number of hydrogen-bond donors (Lipinski definition) is 0. The first-order chi connectivity index (χ1) is 3.55. The maximum Gasteiger partial charge on any atom is 0.319 e. The van der Waals surface area contributed by atoms with Gasteiger partial charge in [-0.1, -0.05) is 0 Å². The molecule has 2 amide bonds. The van der Waals surface area contributed by atoms with Crippen molar-refractivity contribution in [2.24, 2.45) is 0 Å². The summed E-state index contributed by atoms with van der Waals surface area (Å²) in [6.07, 6.45) is 0. The highest BCUT2D eigenvalue weighted by Crippen LogP contribution is 1.85. The molecule has 0 aliphatic rings. The Labute approximate surface area is 49.9 Å². The second kappa shape index (κ2) is 2.55. The molecule has 0 aromatic carbocycles. The van der Waals surface area contributed by atoms with E-state index in [2.05, 4.69) is 7.05 Å². The smallest absolute Gasteiger partial charge is 0.319 e. The van der Waals surface area contributed by atoms with Crippen LogP contribution in [0, 0.1) is 7.05 Å². The van der Waals surface area contributed by atoms with Crippen molar-refractivity contribution in [3.63, 3.8) is 0 Å². The van der Waals surface area contributed by atoms with E-state index < -0.39 is 0 Å². The molecule has 1 radical (unpaired) electrons. The van der Waals surface area contributed by atoms with Gasteiger partial charge in [-0.25, -0.2) is 4.79 Å². The van der Waals surface area contributed by atoms with Crippen LogP contribution in [0.15, 0.2) is 0 Å². The molecule has 0 rings (SSSR count). The van der Waals surface area contributed by atoms with Crippen LogP contribution >= 0.6 is 0 Å². The van der Waals surface area contributed by atoms with E-state index in [0.29, 0.717) is 0 Å². The van der Waals surface area contributed by atoms with Crippen LogP contribution in [-0.4, -0.2) is 37.0 Å². The third kappa shape index (κ3) is 1.82. The van der Waals surface area contributed by atoms with Crippen molar-refractivity contribution in [3.05, 3.63) is 7.05 Å². The molecule has 0 atom stereocenters. The minimum Gasteiger partial charge on any atom is -0.331 e. The van der Waals surface area contributed by atoms with Crippen LogP contribution in [0.4, 0.5) is 4.79 Å². The van der Waals surface area contributed by atoms with Crippen molar-refractivity contribution in [1.29, 1.82) is 0 Å². The summed E-state index contributed by atoms with van der Waals surface area (Å²) in [6.45, 7) is 0. The molecule has 0 heterocycles. The number of carbonyl (C=O) groups excluding carboxylic acids is 1. The van der Waals surface area contributed by atoms with Gasteiger partial charge in [0.2, 0.25) is 0 Å². The predicted octanol–water partition coefficient (Wildman–Crippen LogP) is 0.391. The van der Waals surface area contributed by atoms with Crippen LogP contribution in [0.3, 0.4) is 0 Å². The summed E-state index contributed by atoms with van der Waals surface area (Å²) in [6, 6.07) is -0.0926. The Balaban J connectivity index is 3.65. The van der Waals surface area contributed by atoms with Crippen LogP contribution in [0.1, 0.15) is 0 Å². The van der Waals surface area contributed by atoms with Gasteiger partial charge in [-0.3, -0.25) is 0 Å². The van der Waals surface area contributed by atoms with Gasteiger partial charge in [0.25, 0.3) is 0 Å². The minimum atomic E-state index is -0.0926. The molecular formula is C5H11N2O. The van der Waals surface area contributed by atoms with E-state index in [1.54, 1.807) is 21.1 Å². The van der Waals surface area contributed by atoms with Crippen LogP contribution in [0.2, 0.25) is 0 Å². The number of hydrogen-bond acceptors (Lipinski definition) is 1. The van der Waals surface area contributed by atoms with E-state index in [-0.39, 0.29) is 6.03 Å². The van der Waals surface area contributed by atoms with E-state index >= 15 is 0 Å². The molecule has 0 bridgehead atoms. The lowest BCUT2D eigenvalue weighted by Gasteiger charge is -2.15. The number of amides is 2. The number of rotatable bonds is 0. The van der Waals surface area contributed by atoms with E-state index in [1.807, 2.05) is 0 Å². The highest BCUT2D eigenvalue weighted by molar-refractivity contribution is 5.73. The van der Waals surface area contributed by atoms with Crippen LogP contribution in [0.25, 0.3) is 0 Å². The zero-order chi connectivity index (χ0) is 6.73. The predicted molar refractivity (Wildman–Crippen MR) is 32.2 cm³/mol. The summed E-state index contributed by atoms with van der Waals surface area (Å²) in [5, 5.41) is 0. The first kappa shape index (κ1) is 7.27. The van der Waals surface area contributed by atoms with Crippen LogP contribution < -0.4 is 0 Å². The van der Waals surface area contributed by atoms with Gasteiger partial charge >= 0.3 is 6.03 Å². The first-order valence-electron chi connectivity index (χ1n) is 2.31. The zero-order valence-corrected chi connectivity index (χ0v) is 5.51. The van der Waals surface area contributed by atoms with Gasteiger partial charge in [-0.05, 0) is 0 Å². The van der Waals surface area contributed by atoms with Crippen LogP contribution in [0.5, 0.6) is 0 Å². The highest BCUT2D eigenvalue weighted by atomic mass is 16.2. The summed E-state index contributed by atoms with van der Waals surface area (Å²) >= 11 is 0. The third-order valence-corrected chi connectivity index (χ3v) is 0.709. The fourth-order valence-electron chi connectivity index (χ4n) is 0.341. The fourth-order valence-corrected chi connectivity index (χ4v) is 0.341. The standard InChI is InChI=1S/C5H11N2O/c1-6(2)5(8)7(3)4/h1H2,2-4H3. The van der Waals surface area contributed by atoms with Gasteiger partial charge < -0.3 is 9.80 Å². The second-order valence-electron chi connectivity index (χ2n) is 1.87. The molecular weight excluding hydrogens is 104 g/mol. The van der Waals surface area contributed by atoms with Crippen molar-refractivity contribution in [2.75, 3.05) is 21.1 Å². The Hall–Kier alpha value is -0.730. The van der Waals surface area contributed by atoms with Crippen molar-refractivity contribution in [2.45, 2.75) is 0 Å². The molecule has 0 N–H and O–H groups in total. The molecule has 3 nitrogen and oxygen atoms in total. The van der Waals surface area contributed by atoms with E-state index in [9.17, 15) is 4.79 Å². The normalized spacial score (nSPS) is 8.50. The van der Waals surface area contributed by atoms with Crippen molar-refractivity contribution < 1.29 is 4.79 Å². The molecule has 0 saturated carbocycles. The average Bonchev–Trinajstić information content (AvgIpc) is 1.64. The Kier molecular flexibility index (Phi) is 2.31. The van der Waals surface area contributed by atoms with Crippen molar-refractivity contribution in [3.8, 4) is 0 Å². The maximum atomic E-state index is 10.6. The van der Waals surface area contributed by atoms with Gasteiger partial charge in [-0.2, -0.15) is 0 Å². The Bertz CT molecular complexity index is 78.4.